The summed E-state index contributed by atoms with van der Waals surface area (Å²) in [4.78, 5) is 16.2. The van der Waals surface area contributed by atoms with Crippen molar-refractivity contribution >= 4 is 28.6 Å². The predicted molar refractivity (Wildman–Crippen MR) is 123 cm³/mol. The number of ether oxygens (including phenoxy) is 1. The van der Waals surface area contributed by atoms with Crippen LogP contribution in [0.2, 0.25) is 0 Å². The molecule has 1 atom stereocenters. The van der Waals surface area contributed by atoms with E-state index in [-0.39, 0.29) is 13.2 Å². The molecule has 1 aliphatic rings. The standard InChI is InChI=1S/C22H29F3N8O/c1-3-15-13-32(10-9-26-15)21-29-18-16(4-2)31-33(11-12-34-14-22(23,24)25)19(18)20(30-21)28-17-7-5-6-8-27-17/h5-8,15,26H,3-4,9-14H2,1-2H3,(H,27,28,29,30)/t15-/m1/s1. The van der Waals surface area contributed by atoms with Crippen LogP contribution >= 0.6 is 0 Å². The fraction of sp³-hybridized carbons (Fsp3) is 0.545. The van der Waals surface area contributed by atoms with Gasteiger partial charge in [-0.05, 0) is 25.0 Å². The van der Waals surface area contributed by atoms with Crippen LogP contribution in [-0.2, 0) is 17.7 Å². The number of nitrogens with zero attached hydrogens (tertiary/aromatic N) is 6. The molecule has 12 heteroatoms. The van der Waals surface area contributed by atoms with Crippen LogP contribution in [0, 0.1) is 0 Å². The normalized spacial score (nSPS) is 16.9. The van der Waals surface area contributed by atoms with Gasteiger partial charge in [-0.1, -0.05) is 19.9 Å². The highest BCUT2D eigenvalue weighted by molar-refractivity contribution is 5.90. The summed E-state index contributed by atoms with van der Waals surface area (Å²) in [5, 5.41) is 11.4. The first-order chi connectivity index (χ1) is 16.4. The molecule has 1 aliphatic heterocycles. The number of rotatable bonds is 9. The van der Waals surface area contributed by atoms with E-state index in [0.717, 1.165) is 31.7 Å². The molecule has 34 heavy (non-hydrogen) atoms. The van der Waals surface area contributed by atoms with Crippen LogP contribution in [0.5, 0.6) is 0 Å². The van der Waals surface area contributed by atoms with Crippen LogP contribution in [0.1, 0.15) is 26.0 Å². The molecule has 4 heterocycles. The summed E-state index contributed by atoms with van der Waals surface area (Å²) in [6, 6.07) is 5.84. The van der Waals surface area contributed by atoms with Crippen molar-refractivity contribution in [2.45, 2.75) is 45.5 Å². The van der Waals surface area contributed by atoms with Crippen LogP contribution in [0.4, 0.5) is 30.8 Å². The number of halogens is 3. The molecular weight excluding hydrogens is 449 g/mol. The van der Waals surface area contributed by atoms with Gasteiger partial charge in [-0.15, -0.1) is 0 Å². The zero-order chi connectivity index (χ0) is 24.1. The number of hydrogen-bond donors (Lipinski definition) is 2. The number of alkyl halides is 3. The van der Waals surface area contributed by atoms with Gasteiger partial charge in [0.25, 0.3) is 0 Å². The molecule has 1 saturated heterocycles. The Morgan fingerprint density at radius 3 is 2.79 bits per heavy atom. The van der Waals surface area contributed by atoms with E-state index in [1.165, 1.54) is 0 Å². The Bertz CT molecular complexity index is 1090. The molecule has 0 aliphatic carbocycles. The highest BCUT2D eigenvalue weighted by Gasteiger charge is 2.28. The van der Waals surface area contributed by atoms with Gasteiger partial charge in [-0.2, -0.15) is 23.3 Å². The Hall–Kier alpha value is -2.99. The highest BCUT2D eigenvalue weighted by atomic mass is 19.4. The summed E-state index contributed by atoms with van der Waals surface area (Å²) >= 11 is 0. The second kappa shape index (κ2) is 10.5. The lowest BCUT2D eigenvalue weighted by molar-refractivity contribution is -0.174. The van der Waals surface area contributed by atoms with Crippen LogP contribution in [0.15, 0.2) is 24.4 Å². The van der Waals surface area contributed by atoms with Crippen LogP contribution in [0.25, 0.3) is 11.0 Å². The maximum absolute atomic E-state index is 12.5. The molecule has 2 N–H and O–H groups in total. The summed E-state index contributed by atoms with van der Waals surface area (Å²) in [5.41, 5.74) is 2.04. The molecular formula is C22H29F3N8O. The maximum atomic E-state index is 12.5. The molecule has 1 fully saturated rings. The minimum atomic E-state index is -4.37. The maximum Gasteiger partial charge on any atom is 0.411 e. The van der Waals surface area contributed by atoms with E-state index in [1.54, 1.807) is 10.9 Å². The smallest absolute Gasteiger partial charge is 0.370 e. The van der Waals surface area contributed by atoms with Gasteiger partial charge in [0.2, 0.25) is 5.95 Å². The third-order valence-corrected chi connectivity index (χ3v) is 5.64. The lowest BCUT2D eigenvalue weighted by atomic mass is 10.1. The lowest BCUT2D eigenvalue weighted by Crippen LogP contribution is -2.51. The zero-order valence-corrected chi connectivity index (χ0v) is 19.3. The molecule has 0 spiro atoms. The second-order valence-corrected chi connectivity index (χ2v) is 8.11. The van der Waals surface area contributed by atoms with E-state index in [0.29, 0.717) is 41.1 Å². The van der Waals surface area contributed by atoms with Crippen molar-refractivity contribution in [3.8, 4) is 0 Å². The van der Waals surface area contributed by atoms with Gasteiger partial charge in [0.1, 0.15) is 23.5 Å². The van der Waals surface area contributed by atoms with E-state index in [2.05, 4.69) is 32.5 Å². The minimum absolute atomic E-state index is 0.137. The number of hydrogen-bond acceptors (Lipinski definition) is 8. The number of aromatic nitrogens is 5. The van der Waals surface area contributed by atoms with Gasteiger partial charge in [0, 0.05) is 31.9 Å². The summed E-state index contributed by atoms with van der Waals surface area (Å²) in [6.07, 6.45) is -1.09. The van der Waals surface area contributed by atoms with Crippen molar-refractivity contribution in [1.29, 1.82) is 0 Å². The molecule has 0 amide bonds. The predicted octanol–water partition coefficient (Wildman–Crippen LogP) is 3.29. The Balaban J connectivity index is 1.72. The monoisotopic (exact) mass is 478 g/mol. The van der Waals surface area contributed by atoms with Gasteiger partial charge in [-0.25, -0.2) is 9.97 Å². The van der Waals surface area contributed by atoms with Crippen LogP contribution in [-0.4, -0.2) is 69.8 Å². The third-order valence-electron chi connectivity index (χ3n) is 5.64. The van der Waals surface area contributed by atoms with Gasteiger partial charge in [0.05, 0.1) is 18.8 Å². The molecule has 0 bridgehead atoms. The molecule has 0 saturated carbocycles. The van der Waals surface area contributed by atoms with E-state index < -0.39 is 12.8 Å². The van der Waals surface area contributed by atoms with Crippen molar-refractivity contribution in [2.24, 2.45) is 0 Å². The number of nitrogens with one attached hydrogen (secondary N) is 2. The SMILES string of the molecule is CCc1nn(CCOCC(F)(F)F)c2c(Nc3ccccn3)nc(N3CCN[C@H](CC)C3)nc12. The third kappa shape index (κ3) is 5.73. The first-order valence-electron chi connectivity index (χ1n) is 11.5. The molecule has 184 valence electrons. The summed E-state index contributed by atoms with van der Waals surface area (Å²) < 4.78 is 43.9. The lowest BCUT2D eigenvalue weighted by Gasteiger charge is -2.33. The van der Waals surface area contributed by atoms with Gasteiger partial charge >= 0.3 is 6.18 Å². The molecule has 0 radical (unpaired) electrons. The fourth-order valence-corrected chi connectivity index (χ4v) is 3.94. The highest BCUT2D eigenvalue weighted by Crippen LogP contribution is 2.29. The van der Waals surface area contributed by atoms with Gasteiger partial charge in [0.15, 0.2) is 5.82 Å². The largest absolute Gasteiger partial charge is 0.411 e. The molecule has 4 rings (SSSR count). The molecule has 0 unspecified atom stereocenters. The zero-order valence-electron chi connectivity index (χ0n) is 19.3. The van der Waals surface area contributed by atoms with Crippen molar-refractivity contribution < 1.29 is 17.9 Å². The second-order valence-electron chi connectivity index (χ2n) is 8.11. The Morgan fingerprint density at radius 2 is 2.09 bits per heavy atom. The average molecular weight is 479 g/mol. The Labute approximate surface area is 195 Å². The van der Waals surface area contributed by atoms with Crippen molar-refractivity contribution in [3.63, 3.8) is 0 Å². The van der Waals surface area contributed by atoms with Crippen molar-refractivity contribution in [1.82, 2.24) is 30.0 Å². The topological polar surface area (TPSA) is 93.0 Å². The first kappa shape index (κ1) is 24.1. The summed E-state index contributed by atoms with van der Waals surface area (Å²) in [7, 11) is 0. The Kier molecular flexibility index (Phi) is 7.47. The Morgan fingerprint density at radius 1 is 1.24 bits per heavy atom. The average Bonchev–Trinajstić information content (AvgIpc) is 3.20. The van der Waals surface area contributed by atoms with Crippen LogP contribution in [0.3, 0.4) is 0 Å². The summed E-state index contributed by atoms with van der Waals surface area (Å²) in [6.45, 7) is 5.19. The number of fused-ring (bicyclic) bond motifs is 1. The fourth-order valence-electron chi connectivity index (χ4n) is 3.94. The molecule has 0 aromatic carbocycles. The molecule has 9 nitrogen and oxygen atoms in total. The quantitative estimate of drug-likeness (QED) is 0.453. The number of aryl methyl sites for hydroxylation is 1. The molecule has 3 aromatic rings. The van der Waals surface area contributed by atoms with Gasteiger partial charge in [-0.3, -0.25) is 4.68 Å². The summed E-state index contributed by atoms with van der Waals surface area (Å²) in [5.74, 6) is 1.70. The van der Waals surface area contributed by atoms with Gasteiger partial charge < -0.3 is 20.3 Å². The number of anilines is 3. The van der Waals surface area contributed by atoms with E-state index in [4.69, 9.17) is 14.7 Å². The van der Waals surface area contributed by atoms with E-state index >= 15 is 0 Å². The molecule has 3 aromatic heterocycles. The van der Waals surface area contributed by atoms with Crippen molar-refractivity contribution in [3.05, 3.63) is 30.1 Å². The van der Waals surface area contributed by atoms with E-state index in [1.807, 2.05) is 25.1 Å². The number of pyridine rings is 1. The van der Waals surface area contributed by atoms with E-state index in [9.17, 15) is 13.2 Å². The first-order valence-corrected chi connectivity index (χ1v) is 11.5. The van der Waals surface area contributed by atoms with Crippen LogP contribution < -0.4 is 15.5 Å². The minimum Gasteiger partial charge on any atom is -0.370 e. The van der Waals surface area contributed by atoms with Crippen molar-refractivity contribution in [2.75, 3.05) is 43.1 Å². The number of piperazine rings is 1.